The molecule has 1 heterocycles. The van der Waals surface area contributed by atoms with Gasteiger partial charge in [-0.3, -0.25) is 4.79 Å². The third-order valence-corrected chi connectivity index (χ3v) is 1.60. The van der Waals surface area contributed by atoms with Crippen LogP contribution in [0.3, 0.4) is 0 Å². The number of rotatable bonds is 2. The number of carboxylic acid groups (broad SMARTS) is 1. The Kier molecular flexibility index (Phi) is 2.62. The molecular weight excluding hydrogens is 186 g/mol. The van der Waals surface area contributed by atoms with Gasteiger partial charge >= 0.3 is 5.97 Å². The predicted octanol–water partition coefficient (Wildman–Crippen LogP) is 0.0261. The predicted molar refractivity (Wildman–Crippen MR) is 45.8 cm³/mol. The zero-order valence-electron chi connectivity index (χ0n) is 7.34. The van der Waals surface area contributed by atoms with Gasteiger partial charge in [-0.05, 0) is 13.0 Å². The van der Waals surface area contributed by atoms with Gasteiger partial charge in [0, 0.05) is 6.07 Å². The second-order valence-electron chi connectivity index (χ2n) is 2.61. The average molecular weight is 193 g/mol. The van der Waals surface area contributed by atoms with E-state index >= 15 is 0 Å². The van der Waals surface area contributed by atoms with Gasteiger partial charge in [0.15, 0.2) is 5.69 Å². The largest absolute Gasteiger partial charge is 0.476 e. The molecule has 1 N–H and O–H groups in total. The lowest BCUT2D eigenvalue weighted by Gasteiger charge is -2.05. The molecule has 0 bridgehead atoms. The number of hydrogen-bond donors (Lipinski definition) is 1. The van der Waals surface area contributed by atoms with Gasteiger partial charge in [-0.25, -0.2) is 9.48 Å². The minimum absolute atomic E-state index is 0.258. The molecule has 1 unspecified atom stereocenters. The van der Waals surface area contributed by atoms with Crippen molar-refractivity contribution in [2.24, 2.45) is 0 Å². The lowest BCUT2D eigenvalue weighted by Crippen LogP contribution is -2.26. The smallest absolute Gasteiger partial charge is 0.356 e. The van der Waals surface area contributed by atoms with Crippen LogP contribution in [-0.2, 0) is 0 Å². The van der Waals surface area contributed by atoms with Gasteiger partial charge < -0.3 is 5.11 Å². The second-order valence-corrected chi connectivity index (χ2v) is 2.61. The van der Waals surface area contributed by atoms with Crippen LogP contribution in [-0.4, -0.2) is 20.9 Å². The van der Waals surface area contributed by atoms with Crippen LogP contribution in [0.15, 0.2) is 16.9 Å². The zero-order chi connectivity index (χ0) is 10.7. The molecule has 14 heavy (non-hydrogen) atoms. The van der Waals surface area contributed by atoms with E-state index in [9.17, 15) is 9.59 Å². The number of nitrogens with zero attached hydrogens (tertiary/aromatic N) is 3. The summed E-state index contributed by atoms with van der Waals surface area (Å²) >= 11 is 0. The van der Waals surface area contributed by atoms with Crippen molar-refractivity contribution in [1.29, 1.82) is 5.26 Å². The first-order chi connectivity index (χ1) is 6.56. The molecule has 1 rings (SSSR count). The summed E-state index contributed by atoms with van der Waals surface area (Å²) in [6.07, 6.45) is 0. The third-order valence-electron chi connectivity index (χ3n) is 1.60. The number of aromatic nitrogens is 2. The molecule has 0 spiro atoms. The first kappa shape index (κ1) is 9.92. The van der Waals surface area contributed by atoms with Crippen LogP contribution in [0, 0.1) is 11.3 Å². The van der Waals surface area contributed by atoms with E-state index in [1.165, 1.54) is 6.92 Å². The van der Waals surface area contributed by atoms with Crippen molar-refractivity contribution in [3.8, 4) is 6.07 Å². The van der Waals surface area contributed by atoms with Crippen LogP contribution in [0.5, 0.6) is 0 Å². The standard InChI is InChI=1S/C8H7N3O3/c1-5(4-9)11-7(12)3-2-6(10-11)8(13)14/h2-3,5H,1H3,(H,13,14). The summed E-state index contributed by atoms with van der Waals surface area (Å²) in [6, 6.07) is 3.20. The maximum Gasteiger partial charge on any atom is 0.356 e. The Labute approximate surface area is 79.0 Å². The molecule has 0 fully saturated rings. The van der Waals surface area contributed by atoms with Gasteiger partial charge in [-0.1, -0.05) is 0 Å². The Bertz CT molecular complexity index is 458. The van der Waals surface area contributed by atoms with E-state index in [1.807, 2.05) is 0 Å². The summed E-state index contributed by atoms with van der Waals surface area (Å²) in [6.45, 7) is 1.46. The number of hydrogen-bond acceptors (Lipinski definition) is 4. The molecule has 0 aromatic carbocycles. The van der Waals surface area contributed by atoms with E-state index in [-0.39, 0.29) is 5.69 Å². The monoisotopic (exact) mass is 193 g/mol. The summed E-state index contributed by atoms with van der Waals surface area (Å²) < 4.78 is 0.837. The van der Waals surface area contributed by atoms with Crippen LogP contribution in [0.25, 0.3) is 0 Å². The van der Waals surface area contributed by atoms with Crippen LogP contribution in [0.4, 0.5) is 0 Å². The van der Waals surface area contributed by atoms with E-state index in [1.54, 1.807) is 6.07 Å². The minimum Gasteiger partial charge on any atom is -0.476 e. The Hall–Kier alpha value is -2.16. The highest BCUT2D eigenvalue weighted by molar-refractivity contribution is 5.84. The Morgan fingerprint density at radius 1 is 1.71 bits per heavy atom. The molecule has 0 saturated heterocycles. The van der Waals surface area contributed by atoms with E-state index in [0.717, 1.165) is 16.8 Å². The first-order valence-electron chi connectivity index (χ1n) is 3.79. The molecule has 0 amide bonds. The molecule has 0 aliphatic carbocycles. The Balaban J connectivity index is 3.30. The number of nitriles is 1. The molecule has 6 heteroatoms. The number of carbonyl (C=O) groups is 1. The lowest BCUT2D eigenvalue weighted by atomic mass is 10.3. The summed E-state index contributed by atoms with van der Waals surface area (Å²) in [7, 11) is 0. The molecular formula is C8H7N3O3. The highest BCUT2D eigenvalue weighted by atomic mass is 16.4. The van der Waals surface area contributed by atoms with Crippen LogP contribution >= 0.6 is 0 Å². The molecule has 1 atom stereocenters. The van der Waals surface area contributed by atoms with Crippen LogP contribution < -0.4 is 5.56 Å². The quantitative estimate of drug-likeness (QED) is 0.714. The maximum atomic E-state index is 11.2. The topological polar surface area (TPSA) is 96.0 Å². The maximum absolute atomic E-state index is 11.2. The van der Waals surface area contributed by atoms with Crippen molar-refractivity contribution < 1.29 is 9.90 Å². The van der Waals surface area contributed by atoms with Gasteiger partial charge in [0.05, 0.1) is 6.07 Å². The minimum atomic E-state index is -1.23. The van der Waals surface area contributed by atoms with Gasteiger partial charge in [0.1, 0.15) is 6.04 Å². The molecule has 0 aliphatic rings. The van der Waals surface area contributed by atoms with E-state index in [0.29, 0.717) is 0 Å². The summed E-state index contributed by atoms with van der Waals surface area (Å²) in [4.78, 5) is 21.7. The SMILES string of the molecule is CC(C#N)n1nc(C(=O)O)ccc1=O. The molecule has 0 saturated carbocycles. The second kappa shape index (κ2) is 3.70. The Morgan fingerprint density at radius 2 is 2.36 bits per heavy atom. The van der Waals surface area contributed by atoms with Crippen molar-refractivity contribution in [3.63, 3.8) is 0 Å². The van der Waals surface area contributed by atoms with Crippen molar-refractivity contribution in [1.82, 2.24) is 9.78 Å². The van der Waals surface area contributed by atoms with E-state index < -0.39 is 17.6 Å². The molecule has 6 nitrogen and oxygen atoms in total. The third kappa shape index (κ3) is 1.77. The molecule has 1 aromatic rings. The van der Waals surface area contributed by atoms with E-state index in [4.69, 9.17) is 10.4 Å². The highest BCUT2D eigenvalue weighted by Gasteiger charge is 2.10. The van der Waals surface area contributed by atoms with Gasteiger partial charge in [0.2, 0.25) is 0 Å². The normalized spacial score (nSPS) is 11.7. The molecule has 0 radical (unpaired) electrons. The summed E-state index contributed by atoms with van der Waals surface area (Å²) in [5.74, 6) is -1.23. The van der Waals surface area contributed by atoms with Gasteiger partial charge in [0.25, 0.3) is 5.56 Å². The van der Waals surface area contributed by atoms with Crippen molar-refractivity contribution in [2.75, 3.05) is 0 Å². The lowest BCUT2D eigenvalue weighted by molar-refractivity contribution is 0.0687. The van der Waals surface area contributed by atoms with Crippen molar-refractivity contribution >= 4 is 5.97 Å². The van der Waals surface area contributed by atoms with Crippen LogP contribution in [0.1, 0.15) is 23.5 Å². The fourth-order valence-corrected chi connectivity index (χ4v) is 0.871. The Morgan fingerprint density at radius 3 is 2.86 bits per heavy atom. The van der Waals surface area contributed by atoms with Crippen molar-refractivity contribution in [3.05, 3.63) is 28.2 Å². The molecule has 72 valence electrons. The fraction of sp³-hybridized carbons (Fsp3) is 0.250. The van der Waals surface area contributed by atoms with Gasteiger partial charge in [-0.15, -0.1) is 0 Å². The number of carboxylic acids is 1. The first-order valence-corrected chi connectivity index (χ1v) is 3.79. The summed E-state index contributed by atoms with van der Waals surface area (Å²) in [5, 5.41) is 20.7. The number of aromatic carboxylic acids is 1. The van der Waals surface area contributed by atoms with Crippen molar-refractivity contribution in [2.45, 2.75) is 13.0 Å². The average Bonchev–Trinajstić information content (AvgIpc) is 2.17. The highest BCUT2D eigenvalue weighted by Crippen LogP contribution is 1.98. The van der Waals surface area contributed by atoms with Crippen LogP contribution in [0.2, 0.25) is 0 Å². The zero-order valence-corrected chi connectivity index (χ0v) is 7.34. The van der Waals surface area contributed by atoms with E-state index in [2.05, 4.69) is 5.10 Å². The summed E-state index contributed by atoms with van der Waals surface area (Å²) in [5.41, 5.74) is -0.754. The fourth-order valence-electron chi connectivity index (χ4n) is 0.871. The molecule has 0 aliphatic heterocycles. The molecule has 1 aromatic heterocycles. The van der Waals surface area contributed by atoms with Gasteiger partial charge in [-0.2, -0.15) is 10.4 Å².